The fraction of sp³-hybridized carbons (Fsp3) is 0.385. The van der Waals surface area contributed by atoms with Crippen LogP contribution in [0.5, 0.6) is 0 Å². The van der Waals surface area contributed by atoms with E-state index >= 15 is 0 Å². The lowest BCUT2D eigenvalue weighted by Crippen LogP contribution is -2.36. The smallest absolute Gasteiger partial charge is 0.244 e. The van der Waals surface area contributed by atoms with E-state index in [1.54, 1.807) is 0 Å². The number of hydrogen-bond acceptors (Lipinski definition) is 5. The third-order valence-electron chi connectivity index (χ3n) is 2.58. The highest BCUT2D eigenvalue weighted by Crippen LogP contribution is 2.25. The average Bonchev–Trinajstić information content (AvgIpc) is 2.44. The molecule has 0 aliphatic heterocycles. The van der Waals surface area contributed by atoms with Crippen molar-refractivity contribution >= 4 is 21.6 Å². The van der Waals surface area contributed by atoms with Gasteiger partial charge in [-0.25, -0.2) is 8.42 Å². The molecule has 0 fully saturated rings. The Balaban J connectivity index is 3.18. The Bertz CT molecular complexity index is 631. The normalized spacial score (nSPS) is 11.3. The standard InChI is InChI=1S/C13H17ClN2O4S/c14-12-10-11(2-1-5-15)3-4-13(12)21(19,20)16(6-8-17)7-9-18/h3-4,10,17-18H,5-9,15H2. The van der Waals surface area contributed by atoms with Crippen LogP contribution in [0, 0.1) is 11.8 Å². The van der Waals surface area contributed by atoms with Crippen molar-refractivity contribution in [1.82, 2.24) is 4.31 Å². The van der Waals surface area contributed by atoms with Crippen molar-refractivity contribution < 1.29 is 18.6 Å². The van der Waals surface area contributed by atoms with Crippen molar-refractivity contribution in [3.8, 4) is 11.8 Å². The van der Waals surface area contributed by atoms with E-state index < -0.39 is 10.0 Å². The molecule has 4 N–H and O–H groups in total. The Morgan fingerprint density at radius 2 is 1.86 bits per heavy atom. The number of halogens is 1. The van der Waals surface area contributed by atoms with Gasteiger partial charge in [0.2, 0.25) is 10.0 Å². The van der Waals surface area contributed by atoms with Gasteiger partial charge in [-0.05, 0) is 18.2 Å². The van der Waals surface area contributed by atoms with Gasteiger partial charge in [-0.2, -0.15) is 4.31 Å². The lowest BCUT2D eigenvalue weighted by molar-refractivity contribution is 0.217. The Kier molecular flexibility index (Phi) is 7.11. The Morgan fingerprint density at radius 1 is 1.24 bits per heavy atom. The molecule has 0 aromatic heterocycles. The van der Waals surface area contributed by atoms with E-state index in [0.29, 0.717) is 5.56 Å². The molecule has 0 saturated carbocycles. The first kappa shape index (κ1) is 17.9. The maximum atomic E-state index is 12.4. The predicted octanol–water partition coefficient (Wildman–Crippen LogP) is -0.374. The monoisotopic (exact) mass is 332 g/mol. The summed E-state index contributed by atoms with van der Waals surface area (Å²) in [6.45, 7) is -0.742. The minimum atomic E-state index is -3.88. The van der Waals surface area contributed by atoms with Crippen molar-refractivity contribution in [2.45, 2.75) is 4.90 Å². The molecule has 0 bridgehead atoms. The first-order chi connectivity index (χ1) is 9.97. The molecule has 1 rings (SSSR count). The maximum Gasteiger partial charge on any atom is 0.244 e. The summed E-state index contributed by atoms with van der Waals surface area (Å²) in [5, 5.41) is 17.9. The lowest BCUT2D eigenvalue weighted by Gasteiger charge is -2.20. The minimum Gasteiger partial charge on any atom is -0.395 e. The number of benzene rings is 1. The molecule has 1 aromatic rings. The van der Waals surface area contributed by atoms with Crippen molar-refractivity contribution in [1.29, 1.82) is 0 Å². The zero-order valence-electron chi connectivity index (χ0n) is 11.3. The molecule has 0 aliphatic rings. The van der Waals surface area contributed by atoms with Gasteiger partial charge in [0.25, 0.3) is 0 Å². The highest BCUT2D eigenvalue weighted by molar-refractivity contribution is 7.89. The molecule has 8 heteroatoms. The van der Waals surface area contributed by atoms with Crippen molar-refractivity contribution in [3.05, 3.63) is 28.8 Å². The van der Waals surface area contributed by atoms with E-state index in [9.17, 15) is 8.42 Å². The Morgan fingerprint density at radius 3 is 2.33 bits per heavy atom. The molecule has 0 radical (unpaired) electrons. The summed E-state index contributed by atoms with van der Waals surface area (Å²) in [7, 11) is -3.88. The second-order valence-corrected chi connectivity index (χ2v) is 6.32. The van der Waals surface area contributed by atoms with E-state index in [1.165, 1.54) is 18.2 Å². The SMILES string of the molecule is NCC#Cc1ccc(S(=O)(=O)N(CCO)CCO)c(Cl)c1. The fourth-order valence-electron chi connectivity index (χ4n) is 1.66. The van der Waals surface area contributed by atoms with E-state index in [0.717, 1.165) is 4.31 Å². The molecule has 0 amide bonds. The Labute approximate surface area is 129 Å². The highest BCUT2D eigenvalue weighted by atomic mass is 35.5. The average molecular weight is 333 g/mol. The topological polar surface area (TPSA) is 104 Å². The largest absolute Gasteiger partial charge is 0.395 e. The van der Waals surface area contributed by atoms with E-state index in [-0.39, 0.29) is 42.8 Å². The second-order valence-electron chi connectivity index (χ2n) is 4.00. The molecule has 0 aliphatic carbocycles. The fourth-order valence-corrected chi connectivity index (χ4v) is 3.60. The van der Waals surface area contributed by atoms with Crippen LogP contribution in [-0.4, -0.2) is 55.8 Å². The molecule has 1 aromatic carbocycles. The van der Waals surface area contributed by atoms with Gasteiger partial charge < -0.3 is 15.9 Å². The zero-order valence-corrected chi connectivity index (χ0v) is 12.9. The quantitative estimate of drug-likeness (QED) is 0.616. The maximum absolute atomic E-state index is 12.4. The van der Waals surface area contributed by atoms with Crippen molar-refractivity contribution in [2.75, 3.05) is 32.8 Å². The van der Waals surface area contributed by atoms with Gasteiger partial charge in [-0.15, -0.1) is 0 Å². The van der Waals surface area contributed by atoms with Crippen molar-refractivity contribution in [3.63, 3.8) is 0 Å². The first-order valence-corrected chi connectivity index (χ1v) is 7.99. The number of nitrogens with zero attached hydrogens (tertiary/aromatic N) is 1. The first-order valence-electron chi connectivity index (χ1n) is 6.17. The summed E-state index contributed by atoms with van der Waals surface area (Å²) in [6.07, 6.45) is 0. The van der Waals surface area contributed by atoms with Gasteiger partial charge in [0.15, 0.2) is 0 Å². The summed E-state index contributed by atoms with van der Waals surface area (Å²) in [4.78, 5) is -0.0932. The summed E-state index contributed by atoms with van der Waals surface area (Å²) in [6, 6.07) is 4.31. The molecule has 6 nitrogen and oxygen atoms in total. The molecule has 0 atom stereocenters. The number of nitrogens with two attached hydrogens (primary N) is 1. The second kappa shape index (κ2) is 8.34. The molecular formula is C13H17ClN2O4S. The molecular weight excluding hydrogens is 316 g/mol. The number of aliphatic hydroxyl groups is 2. The number of aliphatic hydroxyl groups excluding tert-OH is 2. The van der Waals surface area contributed by atoms with Gasteiger partial charge in [0.1, 0.15) is 4.90 Å². The molecule has 21 heavy (non-hydrogen) atoms. The van der Waals surface area contributed by atoms with Crippen LogP contribution in [0.15, 0.2) is 23.1 Å². The number of hydrogen-bond donors (Lipinski definition) is 3. The van der Waals surface area contributed by atoms with Gasteiger partial charge in [0, 0.05) is 18.7 Å². The summed E-state index contributed by atoms with van der Waals surface area (Å²) >= 11 is 6.01. The van der Waals surface area contributed by atoms with Gasteiger partial charge >= 0.3 is 0 Å². The summed E-state index contributed by atoms with van der Waals surface area (Å²) < 4.78 is 25.8. The number of sulfonamides is 1. The van der Waals surface area contributed by atoms with Gasteiger partial charge in [0.05, 0.1) is 24.8 Å². The molecule has 0 heterocycles. The Hall–Kier alpha value is -1.14. The van der Waals surface area contributed by atoms with Crippen molar-refractivity contribution in [2.24, 2.45) is 5.73 Å². The molecule has 0 unspecified atom stereocenters. The molecule has 116 valence electrons. The highest BCUT2D eigenvalue weighted by Gasteiger charge is 2.26. The lowest BCUT2D eigenvalue weighted by atomic mass is 10.2. The zero-order chi connectivity index (χ0) is 15.9. The van der Waals surface area contributed by atoms with Crippen LogP contribution in [0.2, 0.25) is 5.02 Å². The summed E-state index contributed by atoms with van der Waals surface area (Å²) in [5.41, 5.74) is 5.82. The molecule has 0 spiro atoms. The predicted molar refractivity (Wildman–Crippen MR) is 80.3 cm³/mol. The van der Waals surface area contributed by atoms with E-state index in [1.807, 2.05) is 0 Å². The van der Waals surface area contributed by atoms with Gasteiger partial charge in [-0.3, -0.25) is 0 Å². The van der Waals surface area contributed by atoms with Crippen LogP contribution in [-0.2, 0) is 10.0 Å². The number of rotatable bonds is 6. The molecule has 0 saturated heterocycles. The van der Waals surface area contributed by atoms with Crippen LogP contribution < -0.4 is 5.73 Å². The van der Waals surface area contributed by atoms with E-state index in [4.69, 9.17) is 27.5 Å². The van der Waals surface area contributed by atoms with Crippen LogP contribution in [0.1, 0.15) is 5.56 Å². The third kappa shape index (κ3) is 4.68. The van der Waals surface area contributed by atoms with Crippen LogP contribution in [0.4, 0.5) is 0 Å². The summed E-state index contributed by atoms with van der Waals surface area (Å²) in [5.74, 6) is 5.40. The third-order valence-corrected chi connectivity index (χ3v) is 4.96. The van der Waals surface area contributed by atoms with Gasteiger partial charge in [-0.1, -0.05) is 23.4 Å². The van der Waals surface area contributed by atoms with Crippen LogP contribution in [0.3, 0.4) is 0 Å². The van der Waals surface area contributed by atoms with Crippen LogP contribution >= 0.6 is 11.6 Å². The van der Waals surface area contributed by atoms with Crippen LogP contribution in [0.25, 0.3) is 0 Å². The van der Waals surface area contributed by atoms with E-state index in [2.05, 4.69) is 11.8 Å². The minimum absolute atomic E-state index is 0.0275.